The predicted molar refractivity (Wildman–Crippen MR) is 125 cm³/mol. The van der Waals surface area contributed by atoms with Crippen molar-refractivity contribution in [2.75, 3.05) is 7.11 Å². The van der Waals surface area contributed by atoms with E-state index in [0.29, 0.717) is 18.4 Å². The molecule has 2 fully saturated rings. The SMILES string of the molecule is COc1ccc([C@H]2C[C@@](C)(NC(C)=O)[C@@H]3CC[C@@H](C)C[C@H]3O2)cc1Cn1nc(C)cc1C. The maximum atomic E-state index is 12.1. The minimum absolute atomic E-state index is 0.0328. The van der Waals surface area contributed by atoms with Crippen LogP contribution in [0.25, 0.3) is 0 Å². The van der Waals surface area contributed by atoms with Crippen LogP contribution in [-0.4, -0.2) is 34.4 Å². The molecule has 32 heavy (non-hydrogen) atoms. The number of amides is 1. The van der Waals surface area contributed by atoms with E-state index in [1.54, 1.807) is 14.0 Å². The zero-order chi connectivity index (χ0) is 23.0. The summed E-state index contributed by atoms with van der Waals surface area (Å²) in [5.41, 5.74) is 4.09. The molecule has 1 saturated heterocycles. The number of hydrogen-bond donors (Lipinski definition) is 1. The fourth-order valence-corrected chi connectivity index (χ4v) is 5.86. The molecule has 2 aliphatic rings. The Labute approximate surface area is 191 Å². The number of aromatic nitrogens is 2. The van der Waals surface area contributed by atoms with E-state index >= 15 is 0 Å². The van der Waals surface area contributed by atoms with E-state index in [2.05, 4.69) is 49.4 Å². The fraction of sp³-hybridized carbons (Fsp3) is 0.615. The summed E-state index contributed by atoms with van der Waals surface area (Å²) in [7, 11) is 1.71. The minimum atomic E-state index is -0.269. The molecule has 2 heterocycles. The Morgan fingerprint density at radius 3 is 2.75 bits per heavy atom. The molecular formula is C26H37N3O3. The van der Waals surface area contributed by atoms with E-state index < -0.39 is 0 Å². The fourth-order valence-electron chi connectivity index (χ4n) is 5.86. The highest BCUT2D eigenvalue weighted by molar-refractivity contribution is 5.73. The number of carbonyl (C=O) groups excluding carboxylic acids is 1. The summed E-state index contributed by atoms with van der Waals surface area (Å²) in [6.45, 7) is 10.9. The second kappa shape index (κ2) is 8.89. The quantitative estimate of drug-likeness (QED) is 0.732. The Bertz CT molecular complexity index is 985. The standard InChI is InChI=1S/C26H37N3O3/c1-16-7-9-22-24(11-16)32-25(14-26(22,5)27-19(4)30)20-8-10-23(31-6)21(13-20)15-29-18(3)12-17(2)28-29/h8,10,12-13,16,22,24-25H,7,9,11,14-15H2,1-6H3,(H,27,30)/t16-,22-,24-,25-,26-/m1/s1. The van der Waals surface area contributed by atoms with E-state index in [9.17, 15) is 4.79 Å². The van der Waals surface area contributed by atoms with E-state index in [-0.39, 0.29) is 23.7 Å². The van der Waals surface area contributed by atoms with Gasteiger partial charge in [0.2, 0.25) is 5.91 Å². The molecular weight excluding hydrogens is 402 g/mol. The van der Waals surface area contributed by atoms with E-state index in [1.165, 1.54) is 6.42 Å². The molecule has 174 valence electrons. The van der Waals surface area contributed by atoms with Crippen molar-refractivity contribution in [2.24, 2.45) is 11.8 Å². The second-order valence-electron chi connectivity index (χ2n) is 10.1. The smallest absolute Gasteiger partial charge is 0.217 e. The first-order valence-electron chi connectivity index (χ1n) is 11.8. The van der Waals surface area contributed by atoms with Gasteiger partial charge in [0, 0.05) is 36.1 Å². The van der Waals surface area contributed by atoms with Gasteiger partial charge in [0.1, 0.15) is 5.75 Å². The summed E-state index contributed by atoms with van der Waals surface area (Å²) in [5, 5.41) is 7.92. The molecule has 6 nitrogen and oxygen atoms in total. The van der Waals surface area contributed by atoms with Crippen molar-refractivity contribution in [1.29, 1.82) is 0 Å². The Kier molecular flexibility index (Phi) is 6.35. The predicted octanol–water partition coefficient (Wildman–Crippen LogP) is 4.72. The lowest BCUT2D eigenvalue weighted by atomic mass is 9.66. The van der Waals surface area contributed by atoms with Crippen molar-refractivity contribution in [2.45, 2.75) is 84.6 Å². The number of hydrogen-bond acceptors (Lipinski definition) is 4. The third-order valence-corrected chi connectivity index (χ3v) is 7.38. The Morgan fingerprint density at radius 1 is 1.31 bits per heavy atom. The average molecular weight is 440 g/mol. The van der Waals surface area contributed by atoms with Crippen LogP contribution in [0.5, 0.6) is 5.75 Å². The van der Waals surface area contributed by atoms with Crippen LogP contribution in [0.2, 0.25) is 0 Å². The second-order valence-corrected chi connectivity index (χ2v) is 10.1. The number of nitrogens with zero attached hydrogens (tertiary/aromatic N) is 2. The first-order valence-corrected chi connectivity index (χ1v) is 11.8. The summed E-state index contributed by atoms with van der Waals surface area (Å²) in [6.07, 6.45) is 4.21. The molecule has 1 aliphatic heterocycles. The third-order valence-electron chi connectivity index (χ3n) is 7.38. The molecule has 1 aliphatic carbocycles. The number of methoxy groups -OCH3 is 1. The summed E-state index contributed by atoms with van der Waals surface area (Å²) in [6, 6.07) is 8.42. The summed E-state index contributed by atoms with van der Waals surface area (Å²) >= 11 is 0. The zero-order valence-corrected chi connectivity index (χ0v) is 20.3. The molecule has 1 saturated carbocycles. The third kappa shape index (κ3) is 4.56. The van der Waals surface area contributed by atoms with Crippen LogP contribution in [0, 0.1) is 25.7 Å². The number of ether oxygens (including phenoxy) is 2. The maximum Gasteiger partial charge on any atom is 0.217 e. The molecule has 0 bridgehead atoms. The largest absolute Gasteiger partial charge is 0.496 e. The normalized spacial score (nSPS) is 29.9. The lowest BCUT2D eigenvalue weighted by Gasteiger charge is -2.52. The van der Waals surface area contributed by atoms with Gasteiger partial charge in [0.05, 0.1) is 31.6 Å². The van der Waals surface area contributed by atoms with Crippen LogP contribution in [0.3, 0.4) is 0 Å². The summed E-state index contributed by atoms with van der Waals surface area (Å²) in [5.74, 6) is 1.89. The van der Waals surface area contributed by atoms with Crippen LogP contribution in [0.15, 0.2) is 24.3 Å². The summed E-state index contributed by atoms with van der Waals surface area (Å²) in [4.78, 5) is 12.1. The van der Waals surface area contributed by atoms with E-state index in [1.807, 2.05) is 17.7 Å². The van der Waals surface area contributed by atoms with E-state index in [4.69, 9.17) is 9.47 Å². The molecule has 1 N–H and O–H groups in total. The van der Waals surface area contributed by atoms with Gasteiger partial charge in [-0.3, -0.25) is 9.48 Å². The molecule has 0 spiro atoms. The van der Waals surface area contributed by atoms with Crippen molar-refractivity contribution in [3.63, 3.8) is 0 Å². The number of fused-ring (bicyclic) bond motifs is 1. The van der Waals surface area contributed by atoms with Crippen LogP contribution < -0.4 is 10.1 Å². The lowest BCUT2D eigenvalue weighted by molar-refractivity contribution is -0.153. The highest BCUT2D eigenvalue weighted by atomic mass is 16.5. The Balaban J connectivity index is 1.65. The van der Waals surface area contributed by atoms with Gasteiger partial charge in [-0.2, -0.15) is 5.10 Å². The highest BCUT2D eigenvalue weighted by Crippen LogP contribution is 2.48. The number of aryl methyl sites for hydroxylation is 2. The van der Waals surface area contributed by atoms with Crippen LogP contribution in [-0.2, 0) is 16.1 Å². The lowest BCUT2D eigenvalue weighted by Crippen LogP contribution is -2.60. The van der Waals surface area contributed by atoms with Gasteiger partial charge in [-0.05, 0) is 63.3 Å². The van der Waals surface area contributed by atoms with Gasteiger partial charge in [-0.1, -0.05) is 19.4 Å². The zero-order valence-electron chi connectivity index (χ0n) is 20.3. The minimum Gasteiger partial charge on any atom is -0.496 e. The molecule has 2 aromatic rings. The van der Waals surface area contributed by atoms with Gasteiger partial charge in [-0.15, -0.1) is 0 Å². The molecule has 6 heteroatoms. The van der Waals surface area contributed by atoms with E-state index in [0.717, 1.165) is 47.5 Å². The van der Waals surface area contributed by atoms with Gasteiger partial charge in [0.15, 0.2) is 0 Å². The molecule has 1 aromatic carbocycles. The number of carbonyl (C=O) groups is 1. The van der Waals surface area contributed by atoms with Crippen LogP contribution in [0.4, 0.5) is 0 Å². The molecule has 1 amide bonds. The molecule has 4 rings (SSSR count). The van der Waals surface area contributed by atoms with Crippen molar-refractivity contribution in [3.8, 4) is 5.75 Å². The van der Waals surface area contributed by atoms with Crippen LogP contribution >= 0.6 is 0 Å². The van der Waals surface area contributed by atoms with Crippen molar-refractivity contribution in [1.82, 2.24) is 15.1 Å². The topological polar surface area (TPSA) is 65.4 Å². The van der Waals surface area contributed by atoms with Crippen molar-refractivity contribution >= 4 is 5.91 Å². The Morgan fingerprint density at radius 2 is 2.09 bits per heavy atom. The monoisotopic (exact) mass is 439 g/mol. The molecule has 0 unspecified atom stereocenters. The molecule has 5 atom stereocenters. The number of nitrogens with one attached hydrogen (secondary N) is 1. The first kappa shape index (κ1) is 22.8. The molecule has 1 aromatic heterocycles. The highest BCUT2D eigenvalue weighted by Gasteiger charge is 2.49. The average Bonchev–Trinajstić information content (AvgIpc) is 3.03. The summed E-state index contributed by atoms with van der Waals surface area (Å²) < 4.78 is 14.4. The van der Waals surface area contributed by atoms with Crippen molar-refractivity contribution in [3.05, 3.63) is 46.8 Å². The maximum absolute atomic E-state index is 12.1. The Hall–Kier alpha value is -2.34. The first-order chi connectivity index (χ1) is 15.2. The van der Waals surface area contributed by atoms with Gasteiger partial charge in [-0.25, -0.2) is 0 Å². The number of rotatable bonds is 5. The van der Waals surface area contributed by atoms with Gasteiger partial charge >= 0.3 is 0 Å². The molecule has 0 radical (unpaired) electrons. The van der Waals surface area contributed by atoms with Gasteiger partial charge < -0.3 is 14.8 Å². The van der Waals surface area contributed by atoms with Crippen molar-refractivity contribution < 1.29 is 14.3 Å². The number of benzene rings is 1. The van der Waals surface area contributed by atoms with Gasteiger partial charge in [0.25, 0.3) is 0 Å². The van der Waals surface area contributed by atoms with Crippen LogP contribution in [0.1, 0.15) is 75.1 Å².